The van der Waals surface area contributed by atoms with Crippen LogP contribution < -0.4 is 4.90 Å². The van der Waals surface area contributed by atoms with Crippen molar-refractivity contribution in [2.45, 2.75) is 17.7 Å². The number of halogens is 8. The van der Waals surface area contributed by atoms with Gasteiger partial charge in [0.15, 0.2) is 0 Å². The van der Waals surface area contributed by atoms with Gasteiger partial charge in [-0.2, -0.15) is 26.3 Å². The van der Waals surface area contributed by atoms with Crippen molar-refractivity contribution < 1.29 is 31.1 Å². The largest absolute Gasteiger partial charge is 0.418 e. The van der Waals surface area contributed by atoms with Gasteiger partial charge in [-0.25, -0.2) is 0 Å². The first kappa shape index (κ1) is 18.2. The topological polar surface area (TPSA) is 20.3 Å². The summed E-state index contributed by atoms with van der Waals surface area (Å²) in [6.07, 6.45) is -9.99. The average molecular weight is 380 g/mol. The van der Waals surface area contributed by atoms with E-state index < -0.39 is 46.4 Å². The molecule has 1 heterocycles. The number of nitrogens with zero attached hydrogens (tertiary/aromatic N) is 1. The van der Waals surface area contributed by atoms with Gasteiger partial charge in [0.1, 0.15) is 5.38 Å². The number of hydrogen-bond acceptors (Lipinski definition) is 1. The van der Waals surface area contributed by atoms with Gasteiger partial charge in [-0.15, -0.1) is 23.2 Å². The summed E-state index contributed by atoms with van der Waals surface area (Å²) in [6, 6.07) is 1.11. The number of hydrogen-bond donors (Lipinski definition) is 0. The maximum absolute atomic E-state index is 13.1. The Labute approximate surface area is 137 Å². The second-order valence-electron chi connectivity index (χ2n) is 4.99. The minimum atomic E-state index is -5.06. The van der Waals surface area contributed by atoms with Gasteiger partial charge in [0.25, 0.3) is 0 Å². The summed E-state index contributed by atoms with van der Waals surface area (Å²) >= 11 is 11.4. The van der Waals surface area contributed by atoms with Crippen LogP contribution in [0, 0.1) is 5.92 Å². The normalized spacial score (nSPS) is 22.8. The average Bonchev–Trinajstić information content (AvgIpc) is 2.72. The summed E-state index contributed by atoms with van der Waals surface area (Å²) in [7, 11) is 0. The minimum absolute atomic E-state index is 0.0140. The van der Waals surface area contributed by atoms with Crippen molar-refractivity contribution in [1.82, 2.24) is 0 Å². The van der Waals surface area contributed by atoms with Gasteiger partial charge in [0, 0.05) is 18.3 Å². The molecule has 0 aliphatic carbocycles. The lowest BCUT2D eigenvalue weighted by Crippen LogP contribution is -2.29. The predicted octanol–water partition coefficient (Wildman–Crippen LogP) is 4.53. The molecule has 0 spiro atoms. The van der Waals surface area contributed by atoms with Crippen LogP contribution in [-0.4, -0.2) is 23.7 Å². The highest BCUT2D eigenvalue weighted by Crippen LogP contribution is 2.42. The lowest BCUT2D eigenvalue weighted by Gasteiger charge is -2.22. The molecule has 10 heteroatoms. The molecule has 2 nitrogen and oxygen atoms in total. The van der Waals surface area contributed by atoms with Gasteiger partial charge in [-0.1, -0.05) is 0 Å². The Morgan fingerprint density at radius 1 is 1.13 bits per heavy atom. The molecule has 1 aromatic carbocycles. The molecule has 23 heavy (non-hydrogen) atoms. The van der Waals surface area contributed by atoms with Crippen molar-refractivity contribution in [1.29, 1.82) is 0 Å². The highest BCUT2D eigenvalue weighted by Gasteiger charge is 2.44. The Morgan fingerprint density at radius 2 is 1.74 bits per heavy atom. The van der Waals surface area contributed by atoms with E-state index in [2.05, 4.69) is 0 Å². The molecule has 1 aliphatic heterocycles. The Hall–Kier alpha value is -1.15. The first-order valence-corrected chi connectivity index (χ1v) is 7.23. The molecule has 1 fully saturated rings. The maximum Gasteiger partial charge on any atom is 0.418 e. The van der Waals surface area contributed by atoms with E-state index in [1.807, 2.05) is 0 Å². The SMILES string of the molecule is O=C1C(Cl)C(CCl)CN1c1ccc(C(F)(F)F)cc1C(F)(F)F. The van der Waals surface area contributed by atoms with Crippen molar-refractivity contribution in [3.8, 4) is 0 Å². The van der Waals surface area contributed by atoms with E-state index in [0.29, 0.717) is 12.1 Å². The van der Waals surface area contributed by atoms with Crippen LogP contribution in [0.3, 0.4) is 0 Å². The summed E-state index contributed by atoms with van der Waals surface area (Å²) in [5, 5.41) is -1.11. The molecule has 0 saturated carbocycles. The molecular formula is C13H9Cl2F6NO. The summed E-state index contributed by atoms with van der Waals surface area (Å²) in [5.41, 5.74) is -3.65. The van der Waals surface area contributed by atoms with E-state index in [4.69, 9.17) is 23.2 Å². The monoisotopic (exact) mass is 379 g/mol. The molecule has 0 radical (unpaired) electrons. The quantitative estimate of drug-likeness (QED) is 0.545. The van der Waals surface area contributed by atoms with Crippen LogP contribution in [0.5, 0.6) is 0 Å². The first-order valence-electron chi connectivity index (χ1n) is 6.26. The summed E-state index contributed by atoms with van der Waals surface area (Å²) in [6.45, 7) is -0.190. The van der Waals surface area contributed by atoms with E-state index in [-0.39, 0.29) is 18.5 Å². The van der Waals surface area contributed by atoms with Crippen LogP contribution in [0.25, 0.3) is 0 Å². The van der Waals surface area contributed by atoms with Crippen LogP contribution in [0.15, 0.2) is 18.2 Å². The van der Waals surface area contributed by atoms with Crippen LogP contribution in [0.4, 0.5) is 32.0 Å². The number of amides is 1. The van der Waals surface area contributed by atoms with Crippen molar-refractivity contribution in [2.24, 2.45) is 5.92 Å². The first-order chi connectivity index (χ1) is 10.5. The smallest absolute Gasteiger partial charge is 0.310 e. The molecule has 0 N–H and O–H groups in total. The Bertz CT molecular complexity index is 615. The Balaban J connectivity index is 2.53. The highest BCUT2D eigenvalue weighted by atomic mass is 35.5. The second kappa shape index (κ2) is 6.05. The van der Waals surface area contributed by atoms with Crippen LogP contribution in [-0.2, 0) is 17.1 Å². The molecule has 1 aromatic rings. The summed E-state index contributed by atoms with van der Waals surface area (Å²) in [5.74, 6) is -1.46. The lowest BCUT2D eigenvalue weighted by molar-refractivity contribution is -0.142. The van der Waals surface area contributed by atoms with E-state index >= 15 is 0 Å². The van der Waals surface area contributed by atoms with Gasteiger partial charge < -0.3 is 4.90 Å². The zero-order chi connectivity index (χ0) is 17.6. The molecule has 0 bridgehead atoms. The van der Waals surface area contributed by atoms with Crippen molar-refractivity contribution in [3.63, 3.8) is 0 Å². The van der Waals surface area contributed by atoms with Crippen molar-refractivity contribution >= 4 is 34.8 Å². The number of benzene rings is 1. The van der Waals surface area contributed by atoms with Crippen molar-refractivity contribution in [2.75, 3.05) is 17.3 Å². The van der Waals surface area contributed by atoms with E-state index in [1.165, 1.54) is 0 Å². The Morgan fingerprint density at radius 3 is 2.17 bits per heavy atom. The second-order valence-corrected chi connectivity index (χ2v) is 5.77. The molecular weight excluding hydrogens is 371 g/mol. The fourth-order valence-corrected chi connectivity index (χ4v) is 2.94. The van der Waals surface area contributed by atoms with Crippen LogP contribution >= 0.6 is 23.2 Å². The molecule has 1 saturated heterocycles. The van der Waals surface area contributed by atoms with Crippen LogP contribution in [0.1, 0.15) is 11.1 Å². The van der Waals surface area contributed by atoms with Gasteiger partial charge >= 0.3 is 12.4 Å². The fourth-order valence-electron chi connectivity index (χ4n) is 2.29. The summed E-state index contributed by atoms with van der Waals surface area (Å²) < 4.78 is 77.2. The minimum Gasteiger partial charge on any atom is -0.310 e. The van der Waals surface area contributed by atoms with Gasteiger partial charge in [-0.05, 0) is 18.2 Å². The van der Waals surface area contributed by atoms with E-state index in [9.17, 15) is 31.1 Å². The molecule has 0 aromatic heterocycles. The number of carbonyl (C=O) groups excluding carboxylic acids is 1. The van der Waals surface area contributed by atoms with Crippen molar-refractivity contribution in [3.05, 3.63) is 29.3 Å². The Kier molecular flexibility index (Phi) is 4.79. The molecule has 1 aliphatic rings. The molecule has 2 unspecified atom stereocenters. The zero-order valence-electron chi connectivity index (χ0n) is 11.2. The third-order valence-corrected chi connectivity index (χ3v) is 4.39. The molecule has 2 rings (SSSR count). The number of carbonyl (C=O) groups is 1. The maximum atomic E-state index is 13.1. The predicted molar refractivity (Wildman–Crippen MR) is 72.7 cm³/mol. The van der Waals surface area contributed by atoms with Gasteiger partial charge in [0.2, 0.25) is 5.91 Å². The summed E-state index contributed by atoms with van der Waals surface area (Å²) in [4.78, 5) is 12.7. The van der Waals surface area contributed by atoms with Crippen LogP contribution in [0.2, 0.25) is 0 Å². The zero-order valence-corrected chi connectivity index (χ0v) is 12.7. The van der Waals surface area contributed by atoms with Gasteiger partial charge in [-0.3, -0.25) is 4.79 Å². The number of alkyl halides is 8. The number of anilines is 1. The fraction of sp³-hybridized carbons (Fsp3) is 0.462. The molecule has 2 atom stereocenters. The standard InChI is InChI=1S/C13H9Cl2F6NO/c14-4-6-5-22(11(23)10(6)15)9-2-1-7(12(16,17)18)3-8(9)13(19,20)21/h1-3,6,10H,4-5H2. The molecule has 128 valence electrons. The van der Waals surface area contributed by atoms with E-state index in [1.54, 1.807) is 0 Å². The lowest BCUT2D eigenvalue weighted by atomic mass is 10.1. The third-order valence-electron chi connectivity index (χ3n) is 3.45. The van der Waals surface area contributed by atoms with E-state index in [0.717, 1.165) is 4.90 Å². The third kappa shape index (κ3) is 3.52. The molecule has 1 amide bonds. The number of rotatable bonds is 2. The van der Waals surface area contributed by atoms with Gasteiger partial charge in [0.05, 0.1) is 16.8 Å². The highest BCUT2D eigenvalue weighted by molar-refractivity contribution is 6.35.